The van der Waals surface area contributed by atoms with Crippen molar-refractivity contribution in [3.8, 4) is 45.3 Å². The molecule has 0 saturated carbocycles. The van der Waals surface area contributed by atoms with E-state index in [0.29, 0.717) is 48.3 Å². The van der Waals surface area contributed by atoms with Crippen molar-refractivity contribution in [2.45, 2.75) is 90.4 Å². The van der Waals surface area contributed by atoms with Gasteiger partial charge in [-0.2, -0.15) is 15.2 Å². The number of ether oxygens (including phenoxy) is 2. The maximum Gasteiger partial charge on any atom is 0.319 e. The number of hydrogen-bond donors (Lipinski definition) is 3. The standard InChI is InChI=1S/C61H65ClF2N10O8S/c1-34(2)51(59(79)74-31-43(76)27-48(74)57(77)67-36(4)38-11-13-39(14-12-38)55-37(5)66-33-83-55)49-29-50(70-82-49)81-32-61(6)16-19-71(20-17-61)23-24-80-60-68-54-46(56(69-60)72-21-22-73(58(78)35(3)63)41(30-72)15-18-65)28-47(62)52(53(54)64)45-26-42(75)25-40-9-7-8-10-44(40)45/h7-14,25-26,28-29,33-34,36,41,43,48,51,75-76H,3,15-17,19-24,27,30-32H2,1-2,4-6H3,(H,67,77)/t36-,41-,43+,48-,51-/m0/s1. The summed E-state index contributed by atoms with van der Waals surface area (Å²) in [6.45, 7) is 15.5. The molecule has 0 radical (unpaired) electrons. The number of carbonyl (C=O) groups is 3. The van der Waals surface area contributed by atoms with Crippen molar-refractivity contribution in [2.75, 3.05) is 63.9 Å². The lowest BCUT2D eigenvalue weighted by Crippen LogP contribution is -2.55. The molecule has 22 heteroatoms. The predicted octanol–water partition coefficient (Wildman–Crippen LogP) is 9.92. The minimum absolute atomic E-state index is 0.00128. The normalized spacial score (nSPS) is 19.0. The summed E-state index contributed by atoms with van der Waals surface area (Å²) in [5, 5.41) is 40.1. The maximum atomic E-state index is 17.3. The van der Waals surface area contributed by atoms with Gasteiger partial charge in [-0.1, -0.05) is 87.5 Å². The molecule has 0 spiro atoms. The molecule has 3 amide bonds. The second kappa shape index (κ2) is 24.6. The highest BCUT2D eigenvalue weighted by atomic mass is 35.5. The van der Waals surface area contributed by atoms with Crippen molar-refractivity contribution in [1.29, 1.82) is 5.26 Å². The van der Waals surface area contributed by atoms with E-state index in [-0.39, 0.29) is 120 Å². The van der Waals surface area contributed by atoms with Gasteiger partial charge in [-0.25, -0.2) is 13.8 Å². The van der Waals surface area contributed by atoms with Gasteiger partial charge in [0.1, 0.15) is 35.7 Å². The lowest BCUT2D eigenvalue weighted by Gasteiger charge is -2.41. The molecule has 6 heterocycles. The van der Waals surface area contributed by atoms with Crippen LogP contribution in [0.15, 0.2) is 95.2 Å². The number of hydrogen-bond acceptors (Lipinski definition) is 16. The molecule has 434 valence electrons. The molecule has 5 atom stereocenters. The third-order valence-electron chi connectivity index (χ3n) is 16.2. The summed E-state index contributed by atoms with van der Waals surface area (Å²) in [6, 6.07) is 21.4. The number of benzene rings is 4. The van der Waals surface area contributed by atoms with E-state index < -0.39 is 41.7 Å². The maximum absolute atomic E-state index is 17.3. The topological polar surface area (TPSA) is 224 Å². The first-order valence-corrected chi connectivity index (χ1v) is 29.0. The smallest absolute Gasteiger partial charge is 0.319 e. The highest BCUT2D eigenvalue weighted by Crippen LogP contribution is 2.43. The molecule has 18 nitrogen and oxygen atoms in total. The van der Waals surface area contributed by atoms with Crippen LogP contribution in [0.2, 0.25) is 5.02 Å². The van der Waals surface area contributed by atoms with Crippen molar-refractivity contribution < 1.29 is 47.4 Å². The Labute approximate surface area is 488 Å². The van der Waals surface area contributed by atoms with E-state index in [9.17, 15) is 34.2 Å². The number of phenolic OH excluding ortho intramolecular Hbond substituents is 1. The number of amides is 3. The Morgan fingerprint density at radius 1 is 1.00 bits per heavy atom. The first kappa shape index (κ1) is 58.4. The van der Waals surface area contributed by atoms with Crippen molar-refractivity contribution >= 4 is 68.2 Å². The second-order valence-corrected chi connectivity index (χ2v) is 23.7. The number of aromatic nitrogens is 4. The monoisotopic (exact) mass is 1170 g/mol. The Hall–Kier alpha value is -7.77. The quantitative estimate of drug-likeness (QED) is 0.0680. The minimum Gasteiger partial charge on any atom is -0.508 e. The molecule has 3 aromatic heterocycles. The first-order chi connectivity index (χ1) is 39.8. The number of halogens is 3. The van der Waals surface area contributed by atoms with Crippen molar-refractivity contribution in [3.05, 3.63) is 119 Å². The van der Waals surface area contributed by atoms with Gasteiger partial charge < -0.3 is 44.2 Å². The zero-order valence-electron chi connectivity index (χ0n) is 46.8. The fourth-order valence-corrected chi connectivity index (χ4v) is 12.6. The van der Waals surface area contributed by atoms with E-state index in [1.807, 2.05) is 63.5 Å². The number of aliphatic hydroxyl groups is 1. The second-order valence-electron chi connectivity index (χ2n) is 22.4. The summed E-state index contributed by atoms with van der Waals surface area (Å²) in [7, 11) is 0. The Balaban J connectivity index is 0.778. The number of piperidine rings is 1. The molecular formula is C61H65ClF2N10O8S. The molecule has 3 saturated heterocycles. The van der Waals surface area contributed by atoms with Gasteiger partial charge >= 0.3 is 6.01 Å². The molecule has 0 bridgehead atoms. The van der Waals surface area contributed by atoms with Crippen LogP contribution in [0.4, 0.5) is 14.6 Å². The largest absolute Gasteiger partial charge is 0.508 e. The first-order valence-electron chi connectivity index (χ1n) is 27.7. The number of aromatic hydroxyl groups is 1. The summed E-state index contributed by atoms with van der Waals surface area (Å²) in [4.78, 5) is 62.6. The summed E-state index contributed by atoms with van der Waals surface area (Å²) in [5.41, 5.74) is 4.72. The molecule has 83 heavy (non-hydrogen) atoms. The van der Waals surface area contributed by atoms with Gasteiger partial charge in [-0.05, 0) is 96.5 Å². The van der Waals surface area contributed by atoms with Crippen LogP contribution < -0.4 is 19.7 Å². The molecule has 10 rings (SSSR count). The summed E-state index contributed by atoms with van der Waals surface area (Å²) < 4.78 is 49.7. The van der Waals surface area contributed by atoms with Crippen molar-refractivity contribution in [3.63, 3.8) is 0 Å². The molecule has 4 aromatic carbocycles. The van der Waals surface area contributed by atoms with E-state index in [0.717, 1.165) is 34.5 Å². The number of β-amino-alcohol motifs (C(OH)–C–C–N with tert-alkyl or cyclic N) is 1. The summed E-state index contributed by atoms with van der Waals surface area (Å²) in [5.74, 6) is -3.88. The Morgan fingerprint density at radius 2 is 1.76 bits per heavy atom. The highest BCUT2D eigenvalue weighted by molar-refractivity contribution is 7.13. The van der Waals surface area contributed by atoms with E-state index in [2.05, 4.69) is 44.9 Å². The lowest BCUT2D eigenvalue weighted by atomic mass is 9.81. The zero-order chi connectivity index (χ0) is 58.9. The number of fused-ring (bicyclic) bond motifs is 2. The number of aliphatic hydroxyl groups excluding tert-OH is 1. The number of phenols is 1. The zero-order valence-corrected chi connectivity index (χ0v) is 48.4. The van der Waals surface area contributed by atoms with Crippen LogP contribution in [0, 0.1) is 35.4 Å². The van der Waals surface area contributed by atoms with Gasteiger partial charge in [0.2, 0.25) is 11.8 Å². The number of aryl methyl sites for hydroxylation is 1. The SMILES string of the molecule is C=C(F)C(=O)N1CCN(c2nc(OCCN3CCC(C)(COc4cc([C@@H](C(=O)N5C[C@H](O)C[C@H]5C(=O)N[C@@H](C)c5ccc(-c6scnc6C)cc5)C(C)C)on4)CC3)nc3c(F)c(-c4cc(O)cc5ccccc45)c(Cl)cc23)C[C@@H]1CC#N. The molecule has 7 aromatic rings. The third kappa shape index (κ3) is 12.5. The van der Waals surface area contributed by atoms with Crippen molar-refractivity contribution in [1.82, 2.24) is 40.1 Å². The highest BCUT2D eigenvalue weighted by Gasteiger charge is 2.44. The molecule has 0 aliphatic carbocycles. The van der Waals surface area contributed by atoms with E-state index in [1.54, 1.807) is 52.6 Å². The number of piperazine rings is 1. The van der Waals surface area contributed by atoms with Gasteiger partial charge in [0.25, 0.3) is 11.8 Å². The molecule has 3 N–H and O–H groups in total. The van der Waals surface area contributed by atoms with E-state index in [4.69, 9.17) is 30.6 Å². The van der Waals surface area contributed by atoms with Crippen LogP contribution in [0.5, 0.6) is 17.6 Å². The number of likely N-dealkylation sites (tertiary alicyclic amines) is 2. The fraction of sp³-hybridized carbons (Fsp3) is 0.410. The number of nitrogens with zero attached hydrogens (tertiary/aromatic N) is 9. The van der Waals surface area contributed by atoms with Gasteiger partial charge in [0.15, 0.2) is 17.4 Å². The van der Waals surface area contributed by atoms with Crippen LogP contribution in [0.1, 0.15) is 82.4 Å². The summed E-state index contributed by atoms with van der Waals surface area (Å²) >= 11 is 8.52. The number of thiazole rings is 1. The van der Waals surface area contributed by atoms with Crippen LogP contribution in [0.3, 0.4) is 0 Å². The lowest BCUT2D eigenvalue weighted by molar-refractivity contribution is -0.141. The molecule has 3 fully saturated rings. The number of nitrogens with one attached hydrogen (secondary N) is 1. The minimum atomic E-state index is -1.14. The number of anilines is 1. The van der Waals surface area contributed by atoms with Crippen LogP contribution >= 0.6 is 22.9 Å². The third-order valence-corrected chi connectivity index (χ3v) is 17.5. The molecule has 3 aliphatic rings. The molecule has 3 aliphatic heterocycles. The van der Waals surface area contributed by atoms with Gasteiger partial charge in [0.05, 0.1) is 58.4 Å². The van der Waals surface area contributed by atoms with Crippen LogP contribution in [0.25, 0.3) is 43.2 Å². The van der Waals surface area contributed by atoms with Crippen molar-refractivity contribution in [2.24, 2.45) is 11.3 Å². The van der Waals surface area contributed by atoms with E-state index >= 15 is 4.39 Å². The fourth-order valence-electron chi connectivity index (χ4n) is 11.5. The Morgan fingerprint density at radius 3 is 2.47 bits per heavy atom. The Bertz CT molecular complexity index is 3620. The number of nitriles is 1. The van der Waals surface area contributed by atoms with Gasteiger partial charge in [-0.15, -0.1) is 11.3 Å². The van der Waals surface area contributed by atoms with Gasteiger partial charge in [-0.3, -0.25) is 19.3 Å². The summed E-state index contributed by atoms with van der Waals surface area (Å²) in [6.07, 6.45) is 0.621. The van der Waals surface area contributed by atoms with Crippen LogP contribution in [-0.4, -0.2) is 140 Å². The molecular weight excluding hydrogens is 1110 g/mol. The van der Waals surface area contributed by atoms with E-state index in [1.165, 1.54) is 15.9 Å². The number of rotatable bonds is 18. The molecule has 0 unspecified atom stereocenters. The predicted molar refractivity (Wildman–Crippen MR) is 311 cm³/mol. The number of carbonyl (C=O) groups excluding carboxylic acids is 3. The average molecular weight is 1170 g/mol. The average Bonchev–Trinajstić information content (AvgIpc) is 3.68. The Kier molecular flexibility index (Phi) is 17.3. The van der Waals surface area contributed by atoms with Gasteiger partial charge in [0, 0.05) is 61.6 Å². The van der Waals surface area contributed by atoms with Crippen LogP contribution in [-0.2, 0) is 14.4 Å².